The van der Waals surface area contributed by atoms with Gasteiger partial charge >= 0.3 is 0 Å². The van der Waals surface area contributed by atoms with Crippen LogP contribution in [0, 0.1) is 0 Å². The molecule has 1 saturated heterocycles. The van der Waals surface area contributed by atoms with Gasteiger partial charge in [0.2, 0.25) is 10.0 Å². The van der Waals surface area contributed by atoms with Crippen LogP contribution >= 0.6 is 0 Å². The first-order valence-electron chi connectivity index (χ1n) is 4.80. The van der Waals surface area contributed by atoms with Crippen molar-refractivity contribution in [1.29, 1.82) is 0 Å². The van der Waals surface area contributed by atoms with E-state index in [0.29, 0.717) is 17.9 Å². The van der Waals surface area contributed by atoms with Gasteiger partial charge in [-0.2, -0.15) is 4.31 Å². The Morgan fingerprint density at radius 2 is 2.27 bits per heavy atom. The van der Waals surface area contributed by atoms with Crippen LogP contribution in [-0.4, -0.2) is 41.6 Å². The molecule has 1 aliphatic heterocycles. The van der Waals surface area contributed by atoms with E-state index in [1.807, 2.05) is 0 Å². The van der Waals surface area contributed by atoms with E-state index < -0.39 is 16.1 Å². The fourth-order valence-electron chi connectivity index (χ4n) is 1.71. The second-order valence-corrected chi connectivity index (χ2v) is 5.76. The zero-order valence-electron chi connectivity index (χ0n) is 8.50. The number of hydrogen-bond donors (Lipinski definition) is 1. The van der Waals surface area contributed by atoms with Crippen LogP contribution in [-0.2, 0) is 17.1 Å². The first-order valence-corrected chi connectivity index (χ1v) is 6.24. The van der Waals surface area contributed by atoms with Gasteiger partial charge in [-0.25, -0.2) is 8.42 Å². The predicted molar refractivity (Wildman–Crippen MR) is 54.8 cm³/mol. The van der Waals surface area contributed by atoms with Crippen LogP contribution in [0.5, 0.6) is 0 Å². The smallest absolute Gasteiger partial charge is 0.244 e. The molecule has 2 rings (SSSR count). The lowest BCUT2D eigenvalue weighted by Gasteiger charge is -2.14. The minimum atomic E-state index is -3.40. The molecule has 1 aromatic heterocycles. The quantitative estimate of drug-likeness (QED) is 0.764. The van der Waals surface area contributed by atoms with Gasteiger partial charge in [0.1, 0.15) is 0 Å². The minimum absolute atomic E-state index is 0.206. The van der Waals surface area contributed by atoms with Crippen LogP contribution in [0.2, 0.25) is 0 Å². The fourth-order valence-corrected chi connectivity index (χ4v) is 3.25. The molecule has 0 amide bonds. The van der Waals surface area contributed by atoms with Crippen LogP contribution in [0.15, 0.2) is 23.4 Å². The highest BCUT2D eigenvalue weighted by Gasteiger charge is 2.31. The average molecular weight is 230 g/mol. The van der Waals surface area contributed by atoms with Crippen molar-refractivity contribution in [3.63, 3.8) is 0 Å². The Morgan fingerprint density at radius 3 is 2.73 bits per heavy atom. The van der Waals surface area contributed by atoms with Gasteiger partial charge in [0.25, 0.3) is 0 Å². The molecule has 0 bridgehead atoms. The number of aromatic nitrogens is 1. The SMILES string of the molecule is Cn1ccc(S(=O)(=O)N2CC[C@@H](O)C2)c1. The van der Waals surface area contributed by atoms with Gasteiger partial charge in [-0.1, -0.05) is 0 Å². The summed E-state index contributed by atoms with van der Waals surface area (Å²) in [5.41, 5.74) is 0. The lowest BCUT2D eigenvalue weighted by atomic mass is 10.3. The van der Waals surface area contributed by atoms with E-state index in [4.69, 9.17) is 0 Å². The van der Waals surface area contributed by atoms with Gasteiger partial charge in [-0.05, 0) is 12.5 Å². The van der Waals surface area contributed by atoms with Crippen LogP contribution in [0.3, 0.4) is 0 Å². The molecule has 2 heterocycles. The molecule has 1 aromatic rings. The molecule has 5 nitrogen and oxygen atoms in total. The molecule has 1 fully saturated rings. The Morgan fingerprint density at radius 1 is 1.53 bits per heavy atom. The summed E-state index contributed by atoms with van der Waals surface area (Å²) in [7, 11) is -1.62. The minimum Gasteiger partial charge on any atom is -0.392 e. The average Bonchev–Trinajstić information content (AvgIpc) is 2.74. The van der Waals surface area contributed by atoms with Crippen molar-refractivity contribution in [3.8, 4) is 0 Å². The Labute approximate surface area is 89.0 Å². The lowest BCUT2D eigenvalue weighted by Crippen LogP contribution is -2.29. The van der Waals surface area contributed by atoms with E-state index in [2.05, 4.69) is 0 Å². The predicted octanol–water partition coefficient (Wildman–Crippen LogP) is -0.220. The Bertz CT molecular complexity index is 452. The summed E-state index contributed by atoms with van der Waals surface area (Å²) in [4.78, 5) is 0.291. The van der Waals surface area contributed by atoms with Crippen molar-refractivity contribution < 1.29 is 13.5 Å². The molecular weight excluding hydrogens is 216 g/mol. The normalized spacial score (nSPS) is 23.5. The summed E-state index contributed by atoms with van der Waals surface area (Å²) in [5.74, 6) is 0. The molecule has 0 saturated carbocycles. The van der Waals surface area contributed by atoms with Gasteiger partial charge in [0, 0.05) is 32.5 Å². The van der Waals surface area contributed by atoms with Gasteiger partial charge < -0.3 is 9.67 Å². The van der Waals surface area contributed by atoms with Gasteiger partial charge in [-0.15, -0.1) is 0 Å². The van der Waals surface area contributed by atoms with E-state index in [9.17, 15) is 13.5 Å². The van der Waals surface area contributed by atoms with E-state index in [-0.39, 0.29) is 6.54 Å². The number of aliphatic hydroxyl groups is 1. The summed E-state index contributed by atoms with van der Waals surface area (Å²) in [6.07, 6.45) is 3.26. The van der Waals surface area contributed by atoms with Crippen LogP contribution in [0.25, 0.3) is 0 Å². The molecule has 15 heavy (non-hydrogen) atoms. The third-order valence-electron chi connectivity index (χ3n) is 2.57. The lowest BCUT2D eigenvalue weighted by molar-refractivity contribution is 0.189. The van der Waals surface area contributed by atoms with E-state index >= 15 is 0 Å². The van der Waals surface area contributed by atoms with Crippen molar-refractivity contribution in [2.24, 2.45) is 7.05 Å². The maximum absolute atomic E-state index is 12.0. The van der Waals surface area contributed by atoms with E-state index in [1.165, 1.54) is 4.31 Å². The van der Waals surface area contributed by atoms with Gasteiger partial charge in [0.15, 0.2) is 0 Å². The summed E-state index contributed by atoms with van der Waals surface area (Å²) < 4.78 is 27.0. The van der Waals surface area contributed by atoms with E-state index in [0.717, 1.165) is 0 Å². The summed E-state index contributed by atoms with van der Waals surface area (Å²) >= 11 is 0. The summed E-state index contributed by atoms with van der Waals surface area (Å²) in [6.45, 7) is 0.607. The third kappa shape index (κ3) is 1.92. The molecule has 1 aliphatic rings. The first kappa shape index (κ1) is 10.7. The number of β-amino-alcohol motifs (C(OH)–C–C–N with tert-alkyl or cyclic N) is 1. The molecule has 0 aliphatic carbocycles. The van der Waals surface area contributed by atoms with Gasteiger partial charge in [-0.3, -0.25) is 0 Å². The molecule has 0 spiro atoms. The maximum Gasteiger partial charge on any atom is 0.244 e. The molecule has 84 valence electrons. The summed E-state index contributed by atoms with van der Waals surface area (Å²) in [5, 5.41) is 9.30. The number of aryl methyl sites for hydroxylation is 1. The van der Waals surface area contributed by atoms with Crippen LogP contribution in [0.4, 0.5) is 0 Å². The number of aliphatic hydroxyl groups excluding tert-OH is 1. The highest BCUT2D eigenvalue weighted by molar-refractivity contribution is 7.89. The molecule has 1 atom stereocenters. The maximum atomic E-state index is 12.0. The highest BCUT2D eigenvalue weighted by Crippen LogP contribution is 2.20. The molecule has 0 unspecified atom stereocenters. The highest BCUT2D eigenvalue weighted by atomic mass is 32.2. The number of sulfonamides is 1. The number of rotatable bonds is 2. The molecular formula is C9H14N2O3S. The Kier molecular flexibility index (Phi) is 2.57. The molecule has 6 heteroatoms. The first-order chi connectivity index (χ1) is 7.00. The molecule has 0 aromatic carbocycles. The van der Waals surface area contributed by atoms with Crippen molar-refractivity contribution in [1.82, 2.24) is 8.87 Å². The fraction of sp³-hybridized carbons (Fsp3) is 0.556. The zero-order valence-corrected chi connectivity index (χ0v) is 9.31. The third-order valence-corrected chi connectivity index (χ3v) is 4.42. The Hall–Kier alpha value is -0.850. The van der Waals surface area contributed by atoms with Gasteiger partial charge in [0.05, 0.1) is 11.0 Å². The van der Waals surface area contributed by atoms with Crippen molar-refractivity contribution in [3.05, 3.63) is 18.5 Å². The Balaban J connectivity index is 2.27. The second-order valence-electron chi connectivity index (χ2n) is 3.82. The topological polar surface area (TPSA) is 62.5 Å². The largest absolute Gasteiger partial charge is 0.392 e. The van der Waals surface area contributed by atoms with Crippen molar-refractivity contribution in [2.45, 2.75) is 17.4 Å². The summed E-state index contributed by atoms with van der Waals surface area (Å²) in [6, 6.07) is 1.57. The van der Waals surface area contributed by atoms with E-state index in [1.54, 1.807) is 30.1 Å². The number of hydrogen-bond acceptors (Lipinski definition) is 3. The van der Waals surface area contributed by atoms with Crippen molar-refractivity contribution in [2.75, 3.05) is 13.1 Å². The molecule has 0 radical (unpaired) electrons. The second kappa shape index (κ2) is 3.62. The van der Waals surface area contributed by atoms with Crippen LogP contribution in [0.1, 0.15) is 6.42 Å². The van der Waals surface area contributed by atoms with Crippen LogP contribution < -0.4 is 0 Å². The number of nitrogens with zero attached hydrogens (tertiary/aromatic N) is 2. The standard InChI is InChI=1S/C9H14N2O3S/c1-10-4-3-9(7-10)15(13,14)11-5-2-8(12)6-11/h3-4,7-8,12H,2,5-6H2,1H3/t8-/m1/s1. The monoisotopic (exact) mass is 230 g/mol. The van der Waals surface area contributed by atoms with Crippen molar-refractivity contribution >= 4 is 10.0 Å². The zero-order chi connectivity index (χ0) is 11.1. The molecule has 1 N–H and O–H groups in total.